The Morgan fingerprint density at radius 1 is 1.28 bits per heavy atom. The lowest BCUT2D eigenvalue weighted by Gasteiger charge is -2.17. The van der Waals surface area contributed by atoms with E-state index in [1.165, 1.54) is 11.8 Å². The van der Waals surface area contributed by atoms with Gasteiger partial charge in [0.05, 0.1) is 30.2 Å². The number of methoxy groups -OCH3 is 1. The second-order valence-electron chi connectivity index (χ2n) is 7.70. The number of thioether (sulfide) groups is 1. The molecule has 7 nitrogen and oxygen atoms in total. The van der Waals surface area contributed by atoms with Gasteiger partial charge in [0.2, 0.25) is 0 Å². The van der Waals surface area contributed by atoms with Crippen LogP contribution in [0.4, 0.5) is 0 Å². The molecule has 0 spiro atoms. The van der Waals surface area contributed by atoms with E-state index < -0.39 is 0 Å². The zero-order valence-corrected chi connectivity index (χ0v) is 18.9. The zero-order valence-electron chi connectivity index (χ0n) is 18.1. The van der Waals surface area contributed by atoms with Crippen molar-refractivity contribution in [3.8, 4) is 0 Å². The first-order valence-corrected chi connectivity index (χ1v) is 11.7. The highest BCUT2D eigenvalue weighted by atomic mass is 32.2. The van der Waals surface area contributed by atoms with Gasteiger partial charge in [-0.3, -0.25) is 14.2 Å². The summed E-state index contributed by atoms with van der Waals surface area (Å²) >= 11 is 1.52. The van der Waals surface area contributed by atoms with Crippen LogP contribution in [0.1, 0.15) is 28.8 Å². The van der Waals surface area contributed by atoms with E-state index >= 15 is 0 Å². The summed E-state index contributed by atoms with van der Waals surface area (Å²) in [4.78, 5) is 30.6. The highest BCUT2D eigenvalue weighted by Crippen LogP contribution is 2.24. The molecule has 32 heavy (non-hydrogen) atoms. The molecule has 0 aliphatic carbocycles. The van der Waals surface area contributed by atoms with Crippen LogP contribution in [0.5, 0.6) is 0 Å². The molecular formula is C24H27N3O4S. The number of rotatable bonds is 9. The summed E-state index contributed by atoms with van der Waals surface area (Å²) < 4.78 is 12.5. The Morgan fingerprint density at radius 3 is 2.88 bits per heavy atom. The topological polar surface area (TPSA) is 82.5 Å². The third kappa shape index (κ3) is 5.38. The number of fused-ring (bicyclic) bond motifs is 1. The Balaban J connectivity index is 1.67. The molecule has 4 rings (SSSR count). The zero-order chi connectivity index (χ0) is 22.3. The third-order valence-electron chi connectivity index (χ3n) is 5.40. The normalized spacial score (nSPS) is 15.8. The van der Waals surface area contributed by atoms with Crippen molar-refractivity contribution in [2.45, 2.75) is 36.4 Å². The molecule has 8 heteroatoms. The van der Waals surface area contributed by atoms with E-state index in [2.05, 4.69) is 17.4 Å². The Hall–Kier alpha value is -2.68. The van der Waals surface area contributed by atoms with Crippen LogP contribution in [0, 0.1) is 0 Å². The van der Waals surface area contributed by atoms with Crippen LogP contribution in [0.2, 0.25) is 0 Å². The van der Waals surface area contributed by atoms with Crippen LogP contribution in [0.3, 0.4) is 0 Å². The number of hydrogen-bond donors (Lipinski definition) is 1. The van der Waals surface area contributed by atoms with E-state index in [0.717, 1.165) is 25.0 Å². The van der Waals surface area contributed by atoms with Gasteiger partial charge in [-0.05, 0) is 36.6 Å². The minimum atomic E-state index is -0.215. The predicted octanol–water partition coefficient (Wildman–Crippen LogP) is 3.24. The number of carbonyl (C=O) groups excluding carboxylic acids is 1. The van der Waals surface area contributed by atoms with Crippen molar-refractivity contribution in [3.05, 3.63) is 70.0 Å². The van der Waals surface area contributed by atoms with Crippen LogP contribution >= 0.6 is 11.8 Å². The quantitative estimate of drug-likeness (QED) is 0.304. The van der Waals surface area contributed by atoms with E-state index in [0.29, 0.717) is 47.1 Å². The molecule has 3 aromatic rings. The standard InChI is InChI=1S/C24H27N3O4S/c1-30-13-11-25-22(28)18-9-10-20-21(14-18)26-24(32-16-17-6-3-2-4-7-17)27(23(20)29)15-19-8-5-12-31-19/h2-4,6-7,9-10,14,19H,5,8,11-13,15-16H2,1H3,(H,25,28). The molecule has 1 aliphatic rings. The summed E-state index contributed by atoms with van der Waals surface area (Å²) in [7, 11) is 1.59. The van der Waals surface area contributed by atoms with Gasteiger partial charge in [0.25, 0.3) is 11.5 Å². The highest BCUT2D eigenvalue weighted by Gasteiger charge is 2.21. The van der Waals surface area contributed by atoms with E-state index in [-0.39, 0.29) is 17.6 Å². The van der Waals surface area contributed by atoms with Gasteiger partial charge in [0.1, 0.15) is 0 Å². The number of ether oxygens (including phenoxy) is 2. The largest absolute Gasteiger partial charge is 0.383 e. The lowest BCUT2D eigenvalue weighted by Crippen LogP contribution is -2.29. The summed E-state index contributed by atoms with van der Waals surface area (Å²) in [6.45, 7) is 2.07. The monoisotopic (exact) mass is 453 g/mol. The maximum absolute atomic E-state index is 13.4. The molecule has 2 heterocycles. The Kier molecular flexibility index (Phi) is 7.57. The SMILES string of the molecule is COCCNC(=O)c1ccc2c(=O)n(CC3CCCO3)c(SCc3ccccc3)nc2c1. The lowest BCUT2D eigenvalue weighted by atomic mass is 10.1. The molecule has 1 unspecified atom stereocenters. The van der Waals surface area contributed by atoms with Crippen molar-refractivity contribution in [2.75, 3.05) is 26.9 Å². The average molecular weight is 454 g/mol. The highest BCUT2D eigenvalue weighted by molar-refractivity contribution is 7.98. The molecule has 168 valence electrons. The van der Waals surface area contributed by atoms with Crippen LogP contribution in [0.15, 0.2) is 58.5 Å². The Labute approximate surface area is 191 Å². The van der Waals surface area contributed by atoms with Gasteiger partial charge < -0.3 is 14.8 Å². The van der Waals surface area contributed by atoms with Gasteiger partial charge in [-0.15, -0.1) is 0 Å². The second kappa shape index (κ2) is 10.8. The summed E-state index contributed by atoms with van der Waals surface area (Å²) in [5, 5.41) is 3.94. The maximum Gasteiger partial charge on any atom is 0.262 e. The van der Waals surface area contributed by atoms with Gasteiger partial charge >= 0.3 is 0 Å². The maximum atomic E-state index is 13.4. The predicted molar refractivity (Wildman–Crippen MR) is 125 cm³/mol. The minimum Gasteiger partial charge on any atom is -0.383 e. The average Bonchev–Trinajstić information content (AvgIpc) is 3.33. The smallest absolute Gasteiger partial charge is 0.262 e. The van der Waals surface area contributed by atoms with Crippen LogP contribution in [-0.2, 0) is 21.8 Å². The van der Waals surface area contributed by atoms with Gasteiger partial charge in [0.15, 0.2) is 5.16 Å². The molecule has 0 radical (unpaired) electrons. The van der Waals surface area contributed by atoms with Crippen molar-refractivity contribution in [1.82, 2.24) is 14.9 Å². The van der Waals surface area contributed by atoms with Crippen molar-refractivity contribution in [1.29, 1.82) is 0 Å². The molecular weight excluding hydrogens is 426 g/mol. The summed E-state index contributed by atoms with van der Waals surface area (Å²) in [5.41, 5.74) is 2.04. The molecule has 1 aliphatic heterocycles. The molecule has 1 fully saturated rings. The number of aromatic nitrogens is 2. The third-order valence-corrected chi connectivity index (χ3v) is 6.44. The lowest BCUT2D eigenvalue weighted by molar-refractivity contribution is 0.0935. The van der Waals surface area contributed by atoms with Crippen molar-refractivity contribution < 1.29 is 14.3 Å². The van der Waals surface area contributed by atoms with Crippen LogP contribution in [-0.4, -0.2) is 48.4 Å². The van der Waals surface area contributed by atoms with Gasteiger partial charge in [-0.1, -0.05) is 42.1 Å². The first-order chi connectivity index (χ1) is 15.7. The molecule has 0 bridgehead atoms. The molecule has 1 atom stereocenters. The molecule has 2 aromatic carbocycles. The number of nitrogens with one attached hydrogen (secondary N) is 1. The summed E-state index contributed by atoms with van der Waals surface area (Å²) in [6, 6.07) is 15.1. The summed E-state index contributed by atoms with van der Waals surface area (Å²) in [5.74, 6) is 0.481. The fourth-order valence-electron chi connectivity index (χ4n) is 3.70. The van der Waals surface area contributed by atoms with Gasteiger partial charge in [-0.25, -0.2) is 4.98 Å². The van der Waals surface area contributed by atoms with Crippen LogP contribution in [0.25, 0.3) is 10.9 Å². The number of carbonyl (C=O) groups is 1. The molecule has 0 saturated carbocycles. The number of nitrogens with zero attached hydrogens (tertiary/aromatic N) is 2. The van der Waals surface area contributed by atoms with Crippen LogP contribution < -0.4 is 10.9 Å². The van der Waals surface area contributed by atoms with E-state index in [1.54, 1.807) is 29.9 Å². The molecule has 1 N–H and O–H groups in total. The van der Waals surface area contributed by atoms with E-state index in [4.69, 9.17) is 14.5 Å². The van der Waals surface area contributed by atoms with Gasteiger partial charge in [-0.2, -0.15) is 0 Å². The fraction of sp³-hybridized carbons (Fsp3) is 0.375. The molecule has 1 amide bonds. The van der Waals surface area contributed by atoms with Crippen molar-refractivity contribution >= 4 is 28.6 Å². The first kappa shape index (κ1) is 22.5. The summed E-state index contributed by atoms with van der Waals surface area (Å²) in [6.07, 6.45) is 1.97. The Morgan fingerprint density at radius 2 is 2.12 bits per heavy atom. The Bertz CT molecular complexity index is 1130. The first-order valence-electron chi connectivity index (χ1n) is 10.8. The fourth-order valence-corrected chi connectivity index (χ4v) is 4.66. The van der Waals surface area contributed by atoms with Crippen molar-refractivity contribution in [2.24, 2.45) is 0 Å². The number of benzene rings is 2. The van der Waals surface area contributed by atoms with Crippen molar-refractivity contribution in [3.63, 3.8) is 0 Å². The van der Waals surface area contributed by atoms with E-state index in [9.17, 15) is 9.59 Å². The number of amides is 1. The minimum absolute atomic E-state index is 0.0221. The molecule has 1 saturated heterocycles. The number of hydrogen-bond acceptors (Lipinski definition) is 6. The van der Waals surface area contributed by atoms with E-state index in [1.807, 2.05) is 18.2 Å². The molecule has 1 aromatic heterocycles. The van der Waals surface area contributed by atoms with Gasteiger partial charge in [0, 0.05) is 31.6 Å². The second-order valence-corrected chi connectivity index (χ2v) is 8.64.